The monoisotopic (exact) mass is 290 g/mol. The van der Waals surface area contributed by atoms with Crippen molar-refractivity contribution in [2.24, 2.45) is 11.8 Å². The maximum Gasteiger partial charge on any atom is 0.166 e. The normalized spacial score (nSPS) is 46.1. The first-order valence-corrected chi connectivity index (χ1v) is 8.62. The van der Waals surface area contributed by atoms with Gasteiger partial charge >= 0.3 is 0 Å². The van der Waals surface area contributed by atoms with Crippen molar-refractivity contribution < 1.29 is 14.3 Å². The largest absolute Gasteiger partial charge is 0.469 e. The smallest absolute Gasteiger partial charge is 0.166 e. The number of aliphatic hydroxyl groups is 1. The van der Waals surface area contributed by atoms with Gasteiger partial charge in [0, 0.05) is 24.7 Å². The molecule has 0 unspecified atom stereocenters. The van der Waals surface area contributed by atoms with E-state index in [1.165, 1.54) is 19.3 Å². The predicted molar refractivity (Wildman–Crippen MR) is 79.8 cm³/mol. The average molecular weight is 290 g/mol. The summed E-state index contributed by atoms with van der Waals surface area (Å²) in [6.07, 6.45) is 10.3. The van der Waals surface area contributed by atoms with E-state index in [4.69, 9.17) is 9.15 Å². The lowest BCUT2D eigenvalue weighted by molar-refractivity contribution is -0.349. The van der Waals surface area contributed by atoms with E-state index in [-0.39, 0.29) is 5.60 Å². The summed E-state index contributed by atoms with van der Waals surface area (Å²) in [5.74, 6) is 1.62. The molecular weight excluding hydrogens is 264 g/mol. The molecule has 2 saturated heterocycles. The molecule has 3 nitrogen and oxygen atoms in total. The highest BCUT2D eigenvalue weighted by molar-refractivity contribution is 5.17. The SMILES string of the molecule is CC[C@H]1CCC[C@@]23CCC[C@@](O)(C[C@@H](c4ccco4)[C@H]12)O3. The Morgan fingerprint density at radius 1 is 1.29 bits per heavy atom. The van der Waals surface area contributed by atoms with Crippen LogP contribution in [0.15, 0.2) is 22.8 Å². The fourth-order valence-electron chi connectivity index (χ4n) is 5.54. The lowest BCUT2D eigenvalue weighted by Crippen LogP contribution is -2.62. The molecule has 1 N–H and O–H groups in total. The van der Waals surface area contributed by atoms with Crippen LogP contribution >= 0.6 is 0 Å². The standard InChI is InChI=1S/C18H26O3/c1-2-13-6-3-8-17-9-5-10-18(19,21-17)12-14(16(13)17)15-7-4-11-20-15/h4,7,11,13-14,16,19H,2-3,5-6,8-10,12H2,1H3/t13-,14-,16-,17+,18-/m0/s1. The maximum absolute atomic E-state index is 10.9. The fourth-order valence-corrected chi connectivity index (χ4v) is 5.54. The summed E-state index contributed by atoms with van der Waals surface area (Å²) >= 11 is 0. The van der Waals surface area contributed by atoms with Gasteiger partial charge in [-0.15, -0.1) is 0 Å². The van der Waals surface area contributed by atoms with Gasteiger partial charge in [0.2, 0.25) is 0 Å². The molecule has 1 aliphatic carbocycles. The Balaban J connectivity index is 1.78. The molecule has 1 saturated carbocycles. The van der Waals surface area contributed by atoms with E-state index in [0.29, 0.717) is 24.2 Å². The molecule has 3 heteroatoms. The van der Waals surface area contributed by atoms with Gasteiger partial charge in [0.1, 0.15) is 5.76 Å². The summed E-state index contributed by atoms with van der Waals surface area (Å²) in [6, 6.07) is 4.06. The van der Waals surface area contributed by atoms with Crippen molar-refractivity contribution in [1.82, 2.24) is 0 Å². The Morgan fingerprint density at radius 3 is 2.90 bits per heavy atom. The number of furan rings is 1. The van der Waals surface area contributed by atoms with Gasteiger partial charge in [-0.05, 0) is 43.7 Å². The number of ether oxygens (including phenoxy) is 1. The lowest BCUT2D eigenvalue weighted by atomic mass is 9.56. The molecule has 116 valence electrons. The van der Waals surface area contributed by atoms with E-state index in [1.54, 1.807) is 6.26 Å². The second-order valence-corrected chi connectivity index (χ2v) is 7.38. The minimum atomic E-state index is -0.929. The maximum atomic E-state index is 10.9. The van der Waals surface area contributed by atoms with Crippen LogP contribution in [0.4, 0.5) is 0 Å². The molecule has 0 radical (unpaired) electrons. The number of rotatable bonds is 2. The number of fused-ring (bicyclic) bond motifs is 1. The molecule has 1 aromatic rings. The van der Waals surface area contributed by atoms with Crippen molar-refractivity contribution >= 4 is 0 Å². The molecule has 0 aromatic carbocycles. The zero-order chi connectivity index (χ0) is 14.5. The van der Waals surface area contributed by atoms with Crippen LogP contribution in [0.2, 0.25) is 0 Å². The Labute approximate surface area is 126 Å². The minimum Gasteiger partial charge on any atom is -0.469 e. The van der Waals surface area contributed by atoms with Gasteiger partial charge in [-0.2, -0.15) is 0 Å². The quantitative estimate of drug-likeness (QED) is 0.886. The summed E-state index contributed by atoms with van der Waals surface area (Å²) in [7, 11) is 0. The van der Waals surface area contributed by atoms with Gasteiger partial charge in [0.05, 0.1) is 11.9 Å². The van der Waals surface area contributed by atoms with Crippen LogP contribution < -0.4 is 0 Å². The van der Waals surface area contributed by atoms with Crippen LogP contribution in [-0.2, 0) is 4.74 Å². The van der Waals surface area contributed by atoms with E-state index >= 15 is 0 Å². The topological polar surface area (TPSA) is 42.6 Å². The van der Waals surface area contributed by atoms with Gasteiger partial charge < -0.3 is 14.3 Å². The second kappa shape index (κ2) is 4.85. The molecule has 5 atom stereocenters. The van der Waals surface area contributed by atoms with Crippen LogP contribution in [0, 0.1) is 11.8 Å². The Hall–Kier alpha value is -0.800. The average Bonchev–Trinajstić information content (AvgIpc) is 2.98. The molecule has 2 aliphatic heterocycles. The molecule has 0 amide bonds. The second-order valence-electron chi connectivity index (χ2n) is 7.38. The highest BCUT2D eigenvalue weighted by Gasteiger charge is 2.60. The first kappa shape index (κ1) is 13.8. The molecule has 1 aromatic heterocycles. The zero-order valence-electron chi connectivity index (χ0n) is 12.9. The van der Waals surface area contributed by atoms with Crippen LogP contribution in [0.1, 0.15) is 70.0 Å². The van der Waals surface area contributed by atoms with E-state index in [0.717, 1.165) is 31.4 Å². The summed E-state index contributed by atoms with van der Waals surface area (Å²) in [4.78, 5) is 0. The Morgan fingerprint density at radius 2 is 2.14 bits per heavy atom. The van der Waals surface area contributed by atoms with E-state index in [2.05, 4.69) is 13.0 Å². The van der Waals surface area contributed by atoms with E-state index < -0.39 is 5.79 Å². The predicted octanol–water partition coefficient (Wildman–Crippen LogP) is 4.22. The van der Waals surface area contributed by atoms with Crippen molar-refractivity contribution in [3.05, 3.63) is 24.2 Å². The van der Waals surface area contributed by atoms with E-state index in [1.807, 2.05) is 6.07 Å². The van der Waals surface area contributed by atoms with Crippen molar-refractivity contribution in [2.45, 2.75) is 75.6 Å². The van der Waals surface area contributed by atoms with Crippen LogP contribution in [-0.4, -0.2) is 16.5 Å². The summed E-state index contributed by atoms with van der Waals surface area (Å²) < 4.78 is 12.1. The highest BCUT2D eigenvalue weighted by atomic mass is 16.6. The van der Waals surface area contributed by atoms with Crippen LogP contribution in [0.3, 0.4) is 0 Å². The molecule has 1 spiro atoms. The minimum absolute atomic E-state index is 0.109. The van der Waals surface area contributed by atoms with Gasteiger partial charge in [-0.1, -0.05) is 19.8 Å². The van der Waals surface area contributed by atoms with Gasteiger partial charge in [-0.25, -0.2) is 0 Å². The van der Waals surface area contributed by atoms with Crippen LogP contribution in [0.5, 0.6) is 0 Å². The summed E-state index contributed by atoms with van der Waals surface area (Å²) in [5, 5.41) is 10.9. The third-order valence-corrected chi connectivity index (χ3v) is 6.26. The van der Waals surface area contributed by atoms with Gasteiger partial charge in [0.15, 0.2) is 5.79 Å². The third-order valence-electron chi connectivity index (χ3n) is 6.26. The van der Waals surface area contributed by atoms with Crippen molar-refractivity contribution in [3.63, 3.8) is 0 Å². The number of hydrogen-bond donors (Lipinski definition) is 1. The van der Waals surface area contributed by atoms with Crippen molar-refractivity contribution in [3.8, 4) is 0 Å². The summed E-state index contributed by atoms with van der Waals surface area (Å²) in [5.41, 5.74) is -0.109. The Kier molecular flexibility index (Phi) is 3.20. The van der Waals surface area contributed by atoms with E-state index in [9.17, 15) is 5.11 Å². The molecule has 3 fully saturated rings. The fraction of sp³-hybridized carbons (Fsp3) is 0.778. The molecule has 4 rings (SSSR count). The van der Waals surface area contributed by atoms with Gasteiger partial charge in [0.25, 0.3) is 0 Å². The summed E-state index contributed by atoms with van der Waals surface area (Å²) in [6.45, 7) is 2.30. The zero-order valence-corrected chi connectivity index (χ0v) is 12.9. The first-order chi connectivity index (χ1) is 10.2. The molecule has 2 bridgehead atoms. The first-order valence-electron chi connectivity index (χ1n) is 8.62. The van der Waals surface area contributed by atoms with Gasteiger partial charge in [-0.3, -0.25) is 0 Å². The molecule has 3 aliphatic rings. The van der Waals surface area contributed by atoms with Crippen molar-refractivity contribution in [1.29, 1.82) is 0 Å². The van der Waals surface area contributed by atoms with Crippen molar-refractivity contribution in [2.75, 3.05) is 0 Å². The molecular formula is C18H26O3. The lowest BCUT2D eigenvalue weighted by Gasteiger charge is -2.60. The number of hydrogen-bond acceptors (Lipinski definition) is 3. The highest BCUT2D eigenvalue weighted by Crippen LogP contribution is 2.60. The molecule has 3 heterocycles. The molecule has 21 heavy (non-hydrogen) atoms. The Bertz CT molecular complexity index is 493. The van der Waals surface area contributed by atoms with Crippen LogP contribution in [0.25, 0.3) is 0 Å². The third kappa shape index (κ3) is 2.08.